The van der Waals surface area contributed by atoms with Crippen molar-refractivity contribution in [3.05, 3.63) is 30.9 Å². The zero-order chi connectivity index (χ0) is 15.6. The topological polar surface area (TPSA) is 109 Å². The third kappa shape index (κ3) is 2.73. The molecule has 10 heteroatoms. The number of aromatic amines is 1. The second kappa shape index (κ2) is 5.89. The fourth-order valence-electron chi connectivity index (χ4n) is 2.08. The number of nitrogens with one attached hydrogen (secondary N) is 2. The Bertz CT molecular complexity index is 996. The summed E-state index contributed by atoms with van der Waals surface area (Å²) in [7, 11) is 0. The van der Waals surface area contributed by atoms with Crippen molar-refractivity contribution < 1.29 is 4.79 Å². The van der Waals surface area contributed by atoms with E-state index < -0.39 is 0 Å². The van der Waals surface area contributed by atoms with E-state index in [1.807, 2.05) is 18.2 Å². The molecule has 0 atom stereocenters. The SMILES string of the molecule is O=C(CSc1ncnc2nc[nH]c12)Nc1cccc2nsnc12. The number of carbonyl (C=O) groups excluding carboxylic acids is 1. The smallest absolute Gasteiger partial charge is 0.234 e. The van der Waals surface area contributed by atoms with E-state index in [-0.39, 0.29) is 11.7 Å². The molecule has 0 saturated heterocycles. The van der Waals surface area contributed by atoms with Crippen LogP contribution in [0.15, 0.2) is 35.9 Å². The highest BCUT2D eigenvalue weighted by atomic mass is 32.2. The first kappa shape index (κ1) is 14.0. The van der Waals surface area contributed by atoms with E-state index in [1.165, 1.54) is 18.1 Å². The largest absolute Gasteiger partial charge is 0.341 e. The predicted octanol–water partition coefficient (Wildman–Crippen LogP) is 2.09. The molecular formula is C13H9N7OS2. The van der Waals surface area contributed by atoms with Gasteiger partial charge in [0.1, 0.15) is 27.9 Å². The fourth-order valence-corrected chi connectivity index (χ4v) is 3.39. The lowest BCUT2D eigenvalue weighted by atomic mass is 10.2. The van der Waals surface area contributed by atoms with Crippen molar-refractivity contribution in [1.29, 1.82) is 0 Å². The highest BCUT2D eigenvalue weighted by Crippen LogP contribution is 2.24. The minimum absolute atomic E-state index is 0.137. The molecule has 114 valence electrons. The molecule has 3 heterocycles. The average molecular weight is 343 g/mol. The number of amides is 1. The van der Waals surface area contributed by atoms with Gasteiger partial charge in [0.05, 0.1) is 29.5 Å². The number of rotatable bonds is 4. The van der Waals surface area contributed by atoms with Gasteiger partial charge in [-0.1, -0.05) is 17.8 Å². The number of fused-ring (bicyclic) bond motifs is 2. The third-order valence-electron chi connectivity index (χ3n) is 3.09. The van der Waals surface area contributed by atoms with Crippen LogP contribution in [0.5, 0.6) is 0 Å². The van der Waals surface area contributed by atoms with Crippen molar-refractivity contribution in [3.8, 4) is 0 Å². The van der Waals surface area contributed by atoms with E-state index >= 15 is 0 Å². The summed E-state index contributed by atoms with van der Waals surface area (Å²) in [6.07, 6.45) is 2.99. The van der Waals surface area contributed by atoms with Gasteiger partial charge in [-0.05, 0) is 12.1 Å². The van der Waals surface area contributed by atoms with E-state index in [4.69, 9.17) is 0 Å². The minimum atomic E-state index is -0.137. The number of benzene rings is 1. The Hall–Kier alpha value is -2.59. The summed E-state index contributed by atoms with van der Waals surface area (Å²) < 4.78 is 8.35. The molecule has 0 unspecified atom stereocenters. The Labute approximate surface area is 138 Å². The fraction of sp³-hybridized carbons (Fsp3) is 0.0769. The number of carbonyl (C=O) groups is 1. The van der Waals surface area contributed by atoms with Crippen molar-refractivity contribution in [1.82, 2.24) is 28.7 Å². The number of imidazole rings is 1. The lowest BCUT2D eigenvalue weighted by Crippen LogP contribution is -2.14. The molecule has 1 amide bonds. The maximum Gasteiger partial charge on any atom is 0.234 e. The first-order valence-electron chi connectivity index (χ1n) is 6.59. The van der Waals surface area contributed by atoms with Crippen molar-refractivity contribution in [2.75, 3.05) is 11.1 Å². The number of nitrogens with zero attached hydrogens (tertiary/aromatic N) is 5. The van der Waals surface area contributed by atoms with Gasteiger partial charge in [0.25, 0.3) is 0 Å². The third-order valence-corrected chi connectivity index (χ3v) is 4.62. The average Bonchev–Trinajstić information content (AvgIpc) is 3.22. The quantitative estimate of drug-likeness (QED) is 0.431. The molecule has 2 N–H and O–H groups in total. The first-order chi connectivity index (χ1) is 11.3. The summed E-state index contributed by atoms with van der Waals surface area (Å²) in [6, 6.07) is 5.51. The summed E-state index contributed by atoms with van der Waals surface area (Å²) in [4.78, 5) is 27.4. The zero-order valence-corrected chi connectivity index (χ0v) is 13.2. The molecule has 0 saturated carbocycles. The van der Waals surface area contributed by atoms with E-state index in [9.17, 15) is 4.79 Å². The zero-order valence-electron chi connectivity index (χ0n) is 11.6. The van der Waals surface area contributed by atoms with Crippen molar-refractivity contribution >= 4 is 57.3 Å². The molecule has 3 aromatic heterocycles. The van der Waals surface area contributed by atoms with Gasteiger partial charge in [-0.25, -0.2) is 15.0 Å². The van der Waals surface area contributed by atoms with Crippen LogP contribution in [0.25, 0.3) is 22.2 Å². The monoisotopic (exact) mass is 343 g/mol. The van der Waals surface area contributed by atoms with Crippen LogP contribution in [0.2, 0.25) is 0 Å². The van der Waals surface area contributed by atoms with Crippen LogP contribution in [0.4, 0.5) is 5.69 Å². The van der Waals surface area contributed by atoms with Gasteiger partial charge < -0.3 is 10.3 Å². The number of thioether (sulfide) groups is 1. The van der Waals surface area contributed by atoms with Crippen LogP contribution in [-0.2, 0) is 4.79 Å². The standard InChI is InChI=1S/C13H9N7OS2/c21-9(18-7-2-1-3-8-10(7)20-23-19-8)4-22-13-11-12(15-5-14-11)16-6-17-13/h1-3,5-6H,4H2,(H,18,21)(H,14,15,16,17). The second-order valence-electron chi connectivity index (χ2n) is 4.55. The molecule has 0 bridgehead atoms. The second-order valence-corrected chi connectivity index (χ2v) is 6.05. The Kier molecular flexibility index (Phi) is 3.60. The van der Waals surface area contributed by atoms with E-state index in [0.717, 1.165) is 22.8 Å². The van der Waals surface area contributed by atoms with Gasteiger partial charge in [0.15, 0.2) is 5.65 Å². The van der Waals surface area contributed by atoms with Crippen LogP contribution in [-0.4, -0.2) is 40.3 Å². The lowest BCUT2D eigenvalue weighted by Gasteiger charge is -2.05. The molecular weight excluding hydrogens is 334 g/mol. The van der Waals surface area contributed by atoms with Gasteiger partial charge in [-0.2, -0.15) is 8.75 Å². The number of aromatic nitrogens is 6. The minimum Gasteiger partial charge on any atom is -0.341 e. The molecule has 0 spiro atoms. The predicted molar refractivity (Wildman–Crippen MR) is 88.5 cm³/mol. The Morgan fingerprint density at radius 2 is 2.22 bits per heavy atom. The lowest BCUT2D eigenvalue weighted by molar-refractivity contribution is -0.113. The first-order valence-corrected chi connectivity index (χ1v) is 8.31. The molecule has 0 aliphatic heterocycles. The molecule has 8 nitrogen and oxygen atoms in total. The molecule has 1 aromatic carbocycles. The highest BCUT2D eigenvalue weighted by molar-refractivity contribution is 8.00. The normalized spacial score (nSPS) is 11.1. The van der Waals surface area contributed by atoms with Gasteiger partial charge in [0, 0.05) is 0 Å². The molecule has 0 radical (unpaired) electrons. The molecule has 4 rings (SSSR count). The highest BCUT2D eigenvalue weighted by Gasteiger charge is 2.11. The van der Waals surface area contributed by atoms with E-state index in [2.05, 4.69) is 34.0 Å². The molecule has 0 aliphatic carbocycles. The Balaban J connectivity index is 1.48. The maximum atomic E-state index is 12.2. The molecule has 0 fully saturated rings. The summed E-state index contributed by atoms with van der Waals surface area (Å²) in [6.45, 7) is 0. The number of hydrogen-bond acceptors (Lipinski definition) is 8. The summed E-state index contributed by atoms with van der Waals surface area (Å²) in [5, 5.41) is 3.55. The molecule has 23 heavy (non-hydrogen) atoms. The summed E-state index contributed by atoms with van der Waals surface area (Å²) in [5.74, 6) is 0.0841. The van der Waals surface area contributed by atoms with Crippen molar-refractivity contribution in [2.24, 2.45) is 0 Å². The van der Waals surface area contributed by atoms with Crippen LogP contribution >= 0.6 is 23.5 Å². The number of hydrogen-bond donors (Lipinski definition) is 2. The van der Waals surface area contributed by atoms with Crippen LogP contribution in [0, 0.1) is 0 Å². The van der Waals surface area contributed by atoms with E-state index in [0.29, 0.717) is 21.9 Å². The number of anilines is 1. The summed E-state index contributed by atoms with van der Waals surface area (Å²) >= 11 is 2.44. The maximum absolute atomic E-state index is 12.2. The van der Waals surface area contributed by atoms with Crippen molar-refractivity contribution in [3.63, 3.8) is 0 Å². The Morgan fingerprint density at radius 3 is 3.17 bits per heavy atom. The van der Waals surface area contributed by atoms with Gasteiger partial charge in [-0.3, -0.25) is 4.79 Å². The van der Waals surface area contributed by atoms with Gasteiger partial charge >= 0.3 is 0 Å². The van der Waals surface area contributed by atoms with E-state index in [1.54, 1.807) is 6.33 Å². The van der Waals surface area contributed by atoms with Crippen molar-refractivity contribution in [2.45, 2.75) is 5.03 Å². The van der Waals surface area contributed by atoms with Crippen LogP contribution in [0.3, 0.4) is 0 Å². The van der Waals surface area contributed by atoms with Crippen LogP contribution < -0.4 is 5.32 Å². The van der Waals surface area contributed by atoms with Crippen LogP contribution in [0.1, 0.15) is 0 Å². The molecule has 0 aliphatic rings. The summed E-state index contributed by atoms with van der Waals surface area (Å²) in [5.41, 5.74) is 3.46. The van der Waals surface area contributed by atoms with Gasteiger partial charge in [0.2, 0.25) is 5.91 Å². The Morgan fingerprint density at radius 1 is 1.26 bits per heavy atom. The number of H-pyrrole nitrogens is 1. The van der Waals surface area contributed by atoms with Gasteiger partial charge in [-0.15, -0.1) is 0 Å². The molecule has 4 aromatic rings.